The Morgan fingerprint density at radius 3 is 2.79 bits per heavy atom. The number of aryl methyl sites for hydroxylation is 2. The predicted molar refractivity (Wildman–Crippen MR) is 77.0 cm³/mol. The van der Waals surface area contributed by atoms with Crippen LogP contribution < -0.4 is 10.6 Å². The topological polar surface area (TPSA) is 69.8 Å². The highest BCUT2D eigenvalue weighted by atomic mass is 16.1. The number of amides is 1. The van der Waals surface area contributed by atoms with Crippen LogP contribution >= 0.6 is 0 Å². The monoisotopic (exact) mass is 266 g/mol. The van der Waals surface area contributed by atoms with Crippen LogP contribution in [0.1, 0.15) is 44.4 Å². The van der Waals surface area contributed by atoms with Crippen molar-refractivity contribution >= 4 is 5.91 Å². The summed E-state index contributed by atoms with van der Waals surface area (Å²) in [5.74, 6) is 0.148. The number of nitrogens with one attached hydrogen (secondary N) is 3. The van der Waals surface area contributed by atoms with E-state index in [9.17, 15) is 4.79 Å². The normalized spacial score (nSPS) is 10.9. The molecule has 0 radical (unpaired) electrons. The summed E-state index contributed by atoms with van der Waals surface area (Å²) in [5, 5.41) is 13.2. The van der Waals surface area contributed by atoms with Crippen LogP contribution in [-0.2, 0) is 11.2 Å². The number of rotatable bonds is 9. The molecule has 0 aliphatic carbocycles. The van der Waals surface area contributed by atoms with Crippen molar-refractivity contribution in [1.29, 1.82) is 0 Å². The molecule has 1 heterocycles. The van der Waals surface area contributed by atoms with Crippen molar-refractivity contribution in [3.63, 3.8) is 0 Å². The molecule has 1 aromatic heterocycles. The second-order valence-corrected chi connectivity index (χ2v) is 5.19. The maximum absolute atomic E-state index is 11.6. The molecule has 0 spiro atoms. The Hall–Kier alpha value is -1.36. The van der Waals surface area contributed by atoms with Gasteiger partial charge in [-0.3, -0.25) is 9.89 Å². The van der Waals surface area contributed by atoms with E-state index in [1.165, 1.54) is 5.56 Å². The van der Waals surface area contributed by atoms with E-state index >= 15 is 0 Å². The van der Waals surface area contributed by atoms with Crippen molar-refractivity contribution in [3.05, 3.63) is 17.5 Å². The molecule has 0 saturated carbocycles. The Bertz CT molecular complexity index is 373. The van der Waals surface area contributed by atoms with E-state index in [4.69, 9.17) is 0 Å². The lowest BCUT2D eigenvalue weighted by Gasteiger charge is -2.08. The number of hydrogen-bond acceptors (Lipinski definition) is 3. The average molecular weight is 266 g/mol. The van der Waals surface area contributed by atoms with Gasteiger partial charge in [0.15, 0.2) is 0 Å². The molecule has 0 saturated heterocycles. The molecule has 5 heteroatoms. The van der Waals surface area contributed by atoms with Crippen LogP contribution in [0, 0.1) is 6.92 Å². The van der Waals surface area contributed by atoms with Crippen LogP contribution in [0.2, 0.25) is 0 Å². The summed E-state index contributed by atoms with van der Waals surface area (Å²) in [6, 6.07) is 0.487. The molecule has 0 aliphatic heterocycles. The van der Waals surface area contributed by atoms with Gasteiger partial charge in [0.05, 0.1) is 6.20 Å². The van der Waals surface area contributed by atoms with Gasteiger partial charge in [-0.1, -0.05) is 13.8 Å². The van der Waals surface area contributed by atoms with Gasteiger partial charge in [0.2, 0.25) is 5.91 Å². The smallest absolute Gasteiger partial charge is 0.220 e. The molecular formula is C14H26N4O. The minimum atomic E-state index is 0.148. The van der Waals surface area contributed by atoms with Crippen molar-refractivity contribution in [1.82, 2.24) is 20.8 Å². The summed E-state index contributed by atoms with van der Waals surface area (Å²) in [4.78, 5) is 11.6. The Kier molecular flexibility index (Phi) is 7.18. The fourth-order valence-electron chi connectivity index (χ4n) is 1.86. The molecule has 108 valence electrons. The zero-order valence-electron chi connectivity index (χ0n) is 12.3. The summed E-state index contributed by atoms with van der Waals surface area (Å²) in [7, 11) is 0. The quantitative estimate of drug-likeness (QED) is 0.594. The third-order valence-corrected chi connectivity index (χ3v) is 3.01. The number of aromatic amines is 1. The Labute approximate surface area is 115 Å². The fourth-order valence-corrected chi connectivity index (χ4v) is 1.86. The molecule has 5 nitrogen and oxygen atoms in total. The maximum Gasteiger partial charge on any atom is 0.220 e. The first kappa shape index (κ1) is 15.7. The molecule has 0 fully saturated rings. The molecule has 0 bridgehead atoms. The molecule has 0 atom stereocenters. The maximum atomic E-state index is 11.6. The van der Waals surface area contributed by atoms with Gasteiger partial charge in [-0.2, -0.15) is 5.10 Å². The fraction of sp³-hybridized carbons (Fsp3) is 0.714. The second kappa shape index (κ2) is 8.69. The standard InChI is InChI=1S/C14H26N4O/c1-11(2)15-8-5-7-14(19)16-9-4-6-13-10-17-18-12(13)3/h10-11,15H,4-9H2,1-3H3,(H,16,19)(H,17,18). The van der Waals surface area contributed by atoms with E-state index in [1.807, 2.05) is 13.1 Å². The number of nitrogens with zero attached hydrogens (tertiary/aromatic N) is 1. The van der Waals surface area contributed by atoms with Crippen LogP contribution in [0.15, 0.2) is 6.20 Å². The zero-order chi connectivity index (χ0) is 14.1. The lowest BCUT2D eigenvalue weighted by atomic mass is 10.1. The van der Waals surface area contributed by atoms with Gasteiger partial charge in [-0.15, -0.1) is 0 Å². The highest BCUT2D eigenvalue weighted by Crippen LogP contribution is 2.04. The van der Waals surface area contributed by atoms with Crippen LogP contribution in [0.25, 0.3) is 0 Å². The second-order valence-electron chi connectivity index (χ2n) is 5.19. The summed E-state index contributed by atoms with van der Waals surface area (Å²) in [6.45, 7) is 7.87. The van der Waals surface area contributed by atoms with Gasteiger partial charge in [0.1, 0.15) is 0 Å². The Balaban J connectivity index is 2.00. The van der Waals surface area contributed by atoms with E-state index in [0.29, 0.717) is 12.5 Å². The van der Waals surface area contributed by atoms with Crippen LogP contribution in [-0.4, -0.2) is 35.2 Å². The highest BCUT2D eigenvalue weighted by Gasteiger charge is 2.02. The van der Waals surface area contributed by atoms with Crippen molar-refractivity contribution in [2.45, 2.75) is 52.5 Å². The first-order chi connectivity index (χ1) is 9.09. The SMILES string of the molecule is Cc1[nH]ncc1CCCNC(=O)CCCNC(C)C. The molecule has 1 aromatic rings. The first-order valence-corrected chi connectivity index (χ1v) is 7.08. The summed E-state index contributed by atoms with van der Waals surface area (Å²) in [5.41, 5.74) is 2.35. The Morgan fingerprint density at radius 1 is 1.37 bits per heavy atom. The summed E-state index contributed by atoms with van der Waals surface area (Å²) < 4.78 is 0. The van der Waals surface area contributed by atoms with Crippen LogP contribution in [0.5, 0.6) is 0 Å². The molecule has 1 amide bonds. The zero-order valence-corrected chi connectivity index (χ0v) is 12.3. The third kappa shape index (κ3) is 6.96. The molecule has 0 unspecified atom stereocenters. The van der Waals surface area contributed by atoms with E-state index in [2.05, 4.69) is 34.7 Å². The molecule has 0 aromatic carbocycles. The molecule has 19 heavy (non-hydrogen) atoms. The molecule has 1 rings (SSSR count). The molecule has 3 N–H and O–H groups in total. The van der Waals surface area contributed by atoms with Crippen molar-refractivity contribution < 1.29 is 4.79 Å². The number of hydrogen-bond donors (Lipinski definition) is 3. The number of H-pyrrole nitrogens is 1. The summed E-state index contributed by atoms with van der Waals surface area (Å²) >= 11 is 0. The lowest BCUT2D eigenvalue weighted by Crippen LogP contribution is -2.27. The lowest BCUT2D eigenvalue weighted by molar-refractivity contribution is -0.121. The van der Waals surface area contributed by atoms with E-state index in [-0.39, 0.29) is 5.91 Å². The van der Waals surface area contributed by atoms with Gasteiger partial charge in [0, 0.05) is 24.7 Å². The molecular weight excluding hydrogens is 240 g/mol. The van der Waals surface area contributed by atoms with Crippen LogP contribution in [0.4, 0.5) is 0 Å². The van der Waals surface area contributed by atoms with E-state index < -0.39 is 0 Å². The highest BCUT2D eigenvalue weighted by molar-refractivity contribution is 5.75. The minimum Gasteiger partial charge on any atom is -0.356 e. The van der Waals surface area contributed by atoms with Gasteiger partial charge in [-0.25, -0.2) is 0 Å². The van der Waals surface area contributed by atoms with Crippen molar-refractivity contribution in [2.24, 2.45) is 0 Å². The van der Waals surface area contributed by atoms with Crippen molar-refractivity contribution in [3.8, 4) is 0 Å². The van der Waals surface area contributed by atoms with Crippen LogP contribution in [0.3, 0.4) is 0 Å². The average Bonchev–Trinajstić information content (AvgIpc) is 2.76. The number of carbonyl (C=O) groups excluding carboxylic acids is 1. The van der Waals surface area contributed by atoms with E-state index in [0.717, 1.165) is 38.0 Å². The number of carbonyl (C=O) groups is 1. The van der Waals surface area contributed by atoms with Gasteiger partial charge in [0.25, 0.3) is 0 Å². The van der Waals surface area contributed by atoms with Gasteiger partial charge < -0.3 is 10.6 Å². The molecule has 0 aliphatic rings. The van der Waals surface area contributed by atoms with Gasteiger partial charge in [-0.05, 0) is 38.3 Å². The summed E-state index contributed by atoms with van der Waals surface area (Å²) in [6.07, 6.45) is 5.26. The third-order valence-electron chi connectivity index (χ3n) is 3.01. The minimum absolute atomic E-state index is 0.148. The Morgan fingerprint density at radius 2 is 2.16 bits per heavy atom. The van der Waals surface area contributed by atoms with Crippen molar-refractivity contribution in [2.75, 3.05) is 13.1 Å². The number of aromatic nitrogens is 2. The largest absolute Gasteiger partial charge is 0.356 e. The van der Waals surface area contributed by atoms with E-state index in [1.54, 1.807) is 0 Å². The first-order valence-electron chi connectivity index (χ1n) is 7.08. The predicted octanol–water partition coefficient (Wildman–Crippen LogP) is 1.55. The van der Waals surface area contributed by atoms with Gasteiger partial charge >= 0.3 is 0 Å².